The summed E-state index contributed by atoms with van der Waals surface area (Å²) in [4.78, 5) is 0. The van der Waals surface area contributed by atoms with Gasteiger partial charge in [-0.1, -0.05) is 56.5 Å². The lowest BCUT2D eigenvalue weighted by Gasteiger charge is -2.19. The number of hydrogen-bond acceptors (Lipinski definition) is 3. The topological polar surface area (TPSA) is 38.7 Å². The van der Waals surface area contributed by atoms with Gasteiger partial charge < -0.3 is 14.2 Å². The first-order valence-corrected chi connectivity index (χ1v) is 11.1. The quantitative estimate of drug-likeness (QED) is 0.365. The number of aromatic hydroxyl groups is 1. The molecule has 0 amide bonds. The number of unbranched alkanes of at least 4 members (excludes halogenated alkanes) is 2. The van der Waals surface area contributed by atoms with E-state index in [-0.39, 0.29) is 5.75 Å². The van der Waals surface area contributed by atoms with Gasteiger partial charge in [0, 0.05) is 6.66 Å². The van der Waals surface area contributed by atoms with Crippen molar-refractivity contribution in [3.63, 3.8) is 0 Å². The van der Waals surface area contributed by atoms with Gasteiger partial charge >= 0.3 is 0 Å². The van der Waals surface area contributed by atoms with Crippen molar-refractivity contribution in [1.82, 2.24) is 0 Å². The molecule has 2 rings (SSSR count). The summed E-state index contributed by atoms with van der Waals surface area (Å²) in [6.45, 7) is 8.98. The van der Waals surface area contributed by atoms with Crippen molar-refractivity contribution in [2.24, 2.45) is 0 Å². The summed E-state index contributed by atoms with van der Waals surface area (Å²) in [6.07, 6.45) is 5.40. The molecule has 1 unspecified atom stereocenters. The first-order valence-electron chi connectivity index (χ1n) is 9.52. The lowest BCUT2D eigenvalue weighted by atomic mass is 9.98. The van der Waals surface area contributed by atoms with E-state index in [1.807, 2.05) is 24.9 Å². The zero-order chi connectivity index (χ0) is 18.9. The third-order valence-electron chi connectivity index (χ3n) is 4.22. The van der Waals surface area contributed by atoms with Crippen LogP contribution in [0.15, 0.2) is 36.4 Å². The van der Waals surface area contributed by atoms with E-state index in [1.54, 1.807) is 0 Å². The molecule has 2 aromatic rings. The van der Waals surface area contributed by atoms with Gasteiger partial charge in [0.15, 0.2) is 0 Å². The highest BCUT2D eigenvalue weighted by Gasteiger charge is 2.17. The van der Waals surface area contributed by atoms with Gasteiger partial charge in [-0.05, 0) is 49.4 Å². The Kier molecular flexibility index (Phi) is 8.41. The summed E-state index contributed by atoms with van der Waals surface area (Å²) in [5, 5.41) is 10.7. The maximum atomic E-state index is 10.7. The number of phenols is 1. The molecule has 2 aromatic carbocycles. The number of phenolic OH excluding ortho intramolecular Hbond substituents is 1. The molecule has 0 aliphatic heterocycles. The molecular weight excluding hydrogens is 343 g/mol. The number of rotatable bonds is 10. The molecule has 0 radical (unpaired) electrons. The van der Waals surface area contributed by atoms with Crippen LogP contribution in [0.1, 0.15) is 50.7 Å². The minimum absolute atomic E-state index is 0.276. The third-order valence-corrected chi connectivity index (χ3v) is 5.22. The first kappa shape index (κ1) is 20.7. The van der Waals surface area contributed by atoms with Crippen LogP contribution in [-0.2, 0) is 10.9 Å². The van der Waals surface area contributed by atoms with E-state index >= 15 is 0 Å². The molecule has 0 spiro atoms. The van der Waals surface area contributed by atoms with Crippen LogP contribution < -0.4 is 4.52 Å². The summed E-state index contributed by atoms with van der Waals surface area (Å²) in [7, 11) is -1.03. The predicted molar refractivity (Wildman–Crippen MR) is 111 cm³/mol. The fraction of sp³-hybridized carbons (Fsp3) is 0.455. The third kappa shape index (κ3) is 6.00. The maximum absolute atomic E-state index is 10.7. The highest BCUT2D eigenvalue weighted by Crippen LogP contribution is 2.45. The van der Waals surface area contributed by atoms with E-state index in [1.165, 1.54) is 12.8 Å². The summed E-state index contributed by atoms with van der Waals surface area (Å²) in [5.41, 5.74) is 3.99. The second-order valence-electron chi connectivity index (χ2n) is 6.68. The number of benzene rings is 2. The molecule has 0 aliphatic rings. The molecule has 1 atom stereocenters. The zero-order valence-corrected chi connectivity index (χ0v) is 17.3. The smallest absolute Gasteiger partial charge is 0.226 e. The SMILES string of the molecule is CCCCCc1cc(O)c(-c2cccc(C)c2)c(OP(C)OCCC)c1. The van der Waals surface area contributed by atoms with Crippen LogP contribution in [0.5, 0.6) is 11.5 Å². The number of hydrogen-bond donors (Lipinski definition) is 1. The van der Waals surface area contributed by atoms with Crippen LogP contribution in [0, 0.1) is 6.92 Å². The Hall–Kier alpha value is -1.57. The summed E-state index contributed by atoms with van der Waals surface area (Å²) >= 11 is 0. The Morgan fingerprint density at radius 1 is 1.04 bits per heavy atom. The van der Waals surface area contributed by atoms with E-state index in [0.717, 1.165) is 41.5 Å². The van der Waals surface area contributed by atoms with Gasteiger partial charge in [-0.25, -0.2) is 0 Å². The maximum Gasteiger partial charge on any atom is 0.226 e. The van der Waals surface area contributed by atoms with E-state index in [2.05, 4.69) is 39.0 Å². The minimum atomic E-state index is -1.03. The van der Waals surface area contributed by atoms with Crippen molar-refractivity contribution >= 4 is 8.38 Å². The average Bonchev–Trinajstić information content (AvgIpc) is 2.60. The van der Waals surface area contributed by atoms with Gasteiger partial charge in [-0.3, -0.25) is 0 Å². The van der Waals surface area contributed by atoms with Gasteiger partial charge in [0.25, 0.3) is 0 Å². The van der Waals surface area contributed by atoms with Gasteiger partial charge in [-0.15, -0.1) is 0 Å². The Morgan fingerprint density at radius 2 is 1.85 bits per heavy atom. The molecule has 0 fully saturated rings. The normalized spacial score (nSPS) is 12.2. The van der Waals surface area contributed by atoms with Crippen molar-refractivity contribution in [1.29, 1.82) is 0 Å². The highest BCUT2D eigenvalue weighted by molar-refractivity contribution is 7.46. The molecular formula is C22H31O3P. The summed E-state index contributed by atoms with van der Waals surface area (Å²) in [6, 6.07) is 12.1. The lowest BCUT2D eigenvalue weighted by Crippen LogP contribution is -1.97. The molecule has 3 nitrogen and oxygen atoms in total. The molecule has 0 saturated carbocycles. The van der Waals surface area contributed by atoms with Crippen molar-refractivity contribution in [3.05, 3.63) is 47.5 Å². The van der Waals surface area contributed by atoms with Gasteiger partial charge in [0.05, 0.1) is 12.2 Å². The fourth-order valence-electron chi connectivity index (χ4n) is 2.93. The van der Waals surface area contributed by atoms with Crippen LogP contribution in [0.25, 0.3) is 11.1 Å². The predicted octanol–water partition coefficient (Wildman–Crippen LogP) is 6.85. The highest BCUT2D eigenvalue weighted by atomic mass is 31.2. The van der Waals surface area contributed by atoms with Crippen molar-refractivity contribution < 1.29 is 14.2 Å². The number of aryl methyl sites for hydroxylation is 2. The van der Waals surface area contributed by atoms with E-state index in [4.69, 9.17) is 9.05 Å². The lowest BCUT2D eigenvalue weighted by molar-refractivity contribution is 0.317. The first-order chi connectivity index (χ1) is 12.5. The fourth-order valence-corrected chi connectivity index (χ4v) is 3.84. The molecule has 26 heavy (non-hydrogen) atoms. The Bertz CT molecular complexity index is 700. The van der Waals surface area contributed by atoms with Crippen molar-refractivity contribution in [3.8, 4) is 22.6 Å². The van der Waals surface area contributed by atoms with Crippen molar-refractivity contribution in [2.75, 3.05) is 13.3 Å². The summed E-state index contributed by atoms with van der Waals surface area (Å²) in [5.74, 6) is 0.991. The minimum Gasteiger partial charge on any atom is -0.507 e. The molecule has 0 aliphatic carbocycles. The van der Waals surface area contributed by atoms with E-state index < -0.39 is 8.38 Å². The Balaban J connectivity index is 2.37. The van der Waals surface area contributed by atoms with Crippen LogP contribution in [-0.4, -0.2) is 18.4 Å². The second kappa shape index (κ2) is 10.5. The van der Waals surface area contributed by atoms with Crippen LogP contribution in [0.4, 0.5) is 0 Å². The molecule has 0 bridgehead atoms. The molecule has 0 heterocycles. The second-order valence-corrected chi connectivity index (χ2v) is 8.00. The molecule has 0 saturated heterocycles. The largest absolute Gasteiger partial charge is 0.507 e. The van der Waals surface area contributed by atoms with Gasteiger partial charge in [-0.2, -0.15) is 0 Å². The van der Waals surface area contributed by atoms with E-state index in [0.29, 0.717) is 12.4 Å². The van der Waals surface area contributed by atoms with Crippen LogP contribution >= 0.6 is 8.38 Å². The molecule has 1 N–H and O–H groups in total. The van der Waals surface area contributed by atoms with E-state index in [9.17, 15) is 5.11 Å². The molecule has 0 aromatic heterocycles. The zero-order valence-electron chi connectivity index (χ0n) is 16.4. The van der Waals surface area contributed by atoms with Crippen LogP contribution in [0.3, 0.4) is 0 Å². The van der Waals surface area contributed by atoms with Gasteiger partial charge in [0.2, 0.25) is 8.38 Å². The van der Waals surface area contributed by atoms with Crippen LogP contribution in [0.2, 0.25) is 0 Å². The van der Waals surface area contributed by atoms with Crippen molar-refractivity contribution in [2.45, 2.75) is 52.9 Å². The molecule has 4 heteroatoms. The Labute approximate surface area is 159 Å². The average molecular weight is 374 g/mol. The standard InChI is InChI=1S/C22H31O3P/c1-5-7-8-11-18-15-20(23)22(19-12-9-10-17(3)14-19)21(16-18)25-26(4)24-13-6-2/h9-10,12,14-16,23H,5-8,11,13H2,1-4H3. The Morgan fingerprint density at radius 3 is 2.54 bits per heavy atom. The molecule has 142 valence electrons. The summed E-state index contributed by atoms with van der Waals surface area (Å²) < 4.78 is 11.9. The monoisotopic (exact) mass is 374 g/mol. The van der Waals surface area contributed by atoms with Gasteiger partial charge in [0.1, 0.15) is 11.5 Å².